The van der Waals surface area contributed by atoms with E-state index in [1.54, 1.807) is 6.20 Å². The standard InChI is InChI=1S/C22H24BrN5OS/c1-22(2,16-4-6-17(23)7-5-16)18-14-30-21(26-18)27-20(29)15-3-8-19(25-13-15)28-11-9-24-10-12-28/h3-8,13-14,24H,9-12H2,1-2H3,(H,26,27,29). The molecular weight excluding hydrogens is 462 g/mol. The molecule has 3 heterocycles. The smallest absolute Gasteiger partial charge is 0.259 e. The third kappa shape index (κ3) is 4.55. The molecule has 0 aliphatic carbocycles. The summed E-state index contributed by atoms with van der Waals surface area (Å²) in [6.45, 7) is 8.02. The molecule has 2 N–H and O–H groups in total. The van der Waals surface area contributed by atoms with Gasteiger partial charge in [0.2, 0.25) is 0 Å². The number of carbonyl (C=O) groups is 1. The molecule has 1 aromatic carbocycles. The fourth-order valence-corrected chi connectivity index (χ4v) is 4.54. The van der Waals surface area contributed by atoms with Crippen molar-refractivity contribution >= 4 is 44.1 Å². The fourth-order valence-electron chi connectivity index (χ4n) is 3.40. The highest BCUT2D eigenvalue weighted by atomic mass is 79.9. The number of rotatable bonds is 5. The molecule has 1 saturated heterocycles. The monoisotopic (exact) mass is 485 g/mol. The van der Waals surface area contributed by atoms with Gasteiger partial charge in [-0.05, 0) is 29.8 Å². The first-order valence-electron chi connectivity index (χ1n) is 9.88. The molecule has 0 radical (unpaired) electrons. The maximum Gasteiger partial charge on any atom is 0.259 e. The Hall–Kier alpha value is -2.29. The first-order valence-corrected chi connectivity index (χ1v) is 11.6. The van der Waals surface area contributed by atoms with Crippen LogP contribution in [-0.2, 0) is 5.41 Å². The van der Waals surface area contributed by atoms with E-state index in [1.807, 2.05) is 29.6 Å². The van der Waals surface area contributed by atoms with Crippen molar-refractivity contribution in [3.05, 3.63) is 69.3 Å². The van der Waals surface area contributed by atoms with E-state index >= 15 is 0 Å². The van der Waals surface area contributed by atoms with Gasteiger partial charge in [0.05, 0.1) is 11.3 Å². The summed E-state index contributed by atoms with van der Waals surface area (Å²) in [7, 11) is 0. The number of benzene rings is 1. The average molecular weight is 486 g/mol. The Bertz CT molecular complexity index is 1010. The van der Waals surface area contributed by atoms with Crippen molar-refractivity contribution in [3.63, 3.8) is 0 Å². The van der Waals surface area contributed by atoms with Gasteiger partial charge in [0, 0.05) is 47.6 Å². The Labute approximate surface area is 188 Å². The lowest BCUT2D eigenvalue weighted by molar-refractivity contribution is 0.102. The zero-order valence-electron chi connectivity index (χ0n) is 17.0. The van der Waals surface area contributed by atoms with Gasteiger partial charge in [-0.1, -0.05) is 41.9 Å². The Morgan fingerprint density at radius 2 is 1.90 bits per heavy atom. The summed E-state index contributed by atoms with van der Waals surface area (Å²) in [6.07, 6.45) is 1.63. The number of amides is 1. The second kappa shape index (κ2) is 8.83. The molecule has 4 rings (SSSR count). The SMILES string of the molecule is CC(C)(c1ccc(Br)cc1)c1csc(NC(=O)c2ccc(N3CCNCC3)nc2)n1. The number of anilines is 2. The molecule has 0 unspecified atom stereocenters. The number of hydrogen-bond acceptors (Lipinski definition) is 6. The van der Waals surface area contributed by atoms with Crippen LogP contribution in [-0.4, -0.2) is 42.1 Å². The van der Waals surface area contributed by atoms with Crippen molar-refractivity contribution in [2.45, 2.75) is 19.3 Å². The van der Waals surface area contributed by atoms with Crippen LogP contribution in [0.15, 0.2) is 52.4 Å². The Kier molecular flexibility index (Phi) is 6.17. The van der Waals surface area contributed by atoms with Gasteiger partial charge in [-0.25, -0.2) is 9.97 Å². The molecule has 0 saturated carbocycles. The maximum absolute atomic E-state index is 12.7. The molecule has 1 aliphatic heterocycles. The van der Waals surface area contributed by atoms with Gasteiger partial charge in [0.25, 0.3) is 5.91 Å². The number of piperazine rings is 1. The summed E-state index contributed by atoms with van der Waals surface area (Å²) in [4.78, 5) is 24.0. The second-order valence-corrected chi connectivity index (χ2v) is 9.54. The van der Waals surface area contributed by atoms with E-state index in [0.717, 1.165) is 42.2 Å². The minimum atomic E-state index is -0.257. The predicted molar refractivity (Wildman–Crippen MR) is 126 cm³/mol. The van der Waals surface area contributed by atoms with Gasteiger partial charge in [0.15, 0.2) is 5.13 Å². The molecule has 2 aromatic heterocycles. The van der Waals surface area contributed by atoms with E-state index in [1.165, 1.54) is 16.9 Å². The number of thiazole rings is 1. The number of carbonyl (C=O) groups excluding carboxylic acids is 1. The van der Waals surface area contributed by atoms with Crippen molar-refractivity contribution < 1.29 is 4.79 Å². The zero-order chi connectivity index (χ0) is 21.1. The normalized spacial score (nSPS) is 14.6. The van der Waals surface area contributed by atoms with E-state index in [4.69, 9.17) is 0 Å². The number of nitrogens with zero attached hydrogens (tertiary/aromatic N) is 3. The van der Waals surface area contributed by atoms with Crippen LogP contribution in [0.25, 0.3) is 0 Å². The van der Waals surface area contributed by atoms with Crippen molar-refractivity contribution in [1.29, 1.82) is 0 Å². The van der Waals surface area contributed by atoms with E-state index in [2.05, 4.69) is 67.4 Å². The number of aromatic nitrogens is 2. The van der Waals surface area contributed by atoms with Crippen LogP contribution in [0.3, 0.4) is 0 Å². The number of halogens is 1. The summed E-state index contributed by atoms with van der Waals surface area (Å²) in [5.41, 5.74) is 2.36. The van der Waals surface area contributed by atoms with Crippen LogP contribution in [0.2, 0.25) is 0 Å². The molecule has 156 valence electrons. The van der Waals surface area contributed by atoms with Crippen LogP contribution < -0.4 is 15.5 Å². The predicted octanol–water partition coefficient (Wildman–Crippen LogP) is 4.29. The first kappa shape index (κ1) is 21.0. The molecule has 6 nitrogen and oxygen atoms in total. The number of nitrogens with one attached hydrogen (secondary N) is 2. The lowest BCUT2D eigenvalue weighted by Crippen LogP contribution is -2.43. The van der Waals surface area contributed by atoms with Gasteiger partial charge in [0.1, 0.15) is 5.82 Å². The van der Waals surface area contributed by atoms with Crippen LogP contribution >= 0.6 is 27.3 Å². The molecule has 1 amide bonds. The Balaban J connectivity index is 1.44. The van der Waals surface area contributed by atoms with Crippen LogP contribution in [0, 0.1) is 0 Å². The molecule has 0 bridgehead atoms. The molecule has 1 fully saturated rings. The fraction of sp³-hybridized carbons (Fsp3) is 0.318. The summed E-state index contributed by atoms with van der Waals surface area (Å²) in [6, 6.07) is 12.0. The minimum absolute atomic E-state index is 0.197. The van der Waals surface area contributed by atoms with Crippen LogP contribution in [0.1, 0.15) is 35.5 Å². The second-order valence-electron chi connectivity index (χ2n) is 7.77. The quantitative estimate of drug-likeness (QED) is 0.563. The topological polar surface area (TPSA) is 70.2 Å². The van der Waals surface area contributed by atoms with Crippen LogP contribution in [0.4, 0.5) is 10.9 Å². The lowest BCUT2D eigenvalue weighted by Gasteiger charge is -2.28. The number of pyridine rings is 1. The molecule has 30 heavy (non-hydrogen) atoms. The van der Waals surface area contributed by atoms with E-state index in [9.17, 15) is 4.79 Å². The molecule has 3 aromatic rings. The summed E-state index contributed by atoms with van der Waals surface area (Å²) < 4.78 is 1.05. The maximum atomic E-state index is 12.7. The van der Waals surface area contributed by atoms with E-state index in [-0.39, 0.29) is 11.3 Å². The highest BCUT2D eigenvalue weighted by Crippen LogP contribution is 2.34. The van der Waals surface area contributed by atoms with Crippen molar-refractivity contribution in [1.82, 2.24) is 15.3 Å². The molecule has 1 aliphatic rings. The first-order chi connectivity index (χ1) is 14.4. The largest absolute Gasteiger partial charge is 0.354 e. The van der Waals surface area contributed by atoms with Crippen molar-refractivity contribution in [2.75, 3.05) is 36.4 Å². The van der Waals surface area contributed by atoms with Gasteiger partial charge >= 0.3 is 0 Å². The van der Waals surface area contributed by atoms with Gasteiger partial charge in [-0.2, -0.15) is 0 Å². The van der Waals surface area contributed by atoms with Crippen molar-refractivity contribution in [3.8, 4) is 0 Å². The molecule has 0 atom stereocenters. The Morgan fingerprint density at radius 3 is 2.57 bits per heavy atom. The lowest BCUT2D eigenvalue weighted by atomic mass is 9.82. The third-order valence-electron chi connectivity index (χ3n) is 5.38. The summed E-state index contributed by atoms with van der Waals surface area (Å²) >= 11 is 4.91. The molecule has 8 heteroatoms. The number of hydrogen-bond donors (Lipinski definition) is 2. The molecule has 0 spiro atoms. The minimum Gasteiger partial charge on any atom is -0.354 e. The zero-order valence-corrected chi connectivity index (χ0v) is 19.4. The van der Waals surface area contributed by atoms with Gasteiger partial charge in [-0.3, -0.25) is 10.1 Å². The van der Waals surface area contributed by atoms with Gasteiger partial charge < -0.3 is 10.2 Å². The van der Waals surface area contributed by atoms with Crippen LogP contribution in [0.5, 0.6) is 0 Å². The van der Waals surface area contributed by atoms with E-state index in [0.29, 0.717) is 10.7 Å². The Morgan fingerprint density at radius 1 is 1.17 bits per heavy atom. The summed E-state index contributed by atoms with van der Waals surface area (Å²) in [5.74, 6) is 0.706. The highest BCUT2D eigenvalue weighted by molar-refractivity contribution is 9.10. The highest BCUT2D eigenvalue weighted by Gasteiger charge is 2.26. The van der Waals surface area contributed by atoms with E-state index < -0.39 is 0 Å². The van der Waals surface area contributed by atoms with Gasteiger partial charge in [-0.15, -0.1) is 11.3 Å². The average Bonchev–Trinajstić information content (AvgIpc) is 3.24. The van der Waals surface area contributed by atoms with Crippen molar-refractivity contribution in [2.24, 2.45) is 0 Å². The summed E-state index contributed by atoms with van der Waals surface area (Å²) in [5, 5.41) is 8.83. The third-order valence-corrected chi connectivity index (χ3v) is 6.67. The molecular formula is C22H24BrN5OS.